The highest BCUT2D eigenvalue weighted by Crippen LogP contribution is 2.22. The number of nitrogens with zero attached hydrogens (tertiary/aromatic N) is 4. The Morgan fingerprint density at radius 2 is 2.41 bits per heavy atom. The molecule has 0 N–H and O–H groups in total. The normalized spacial score (nSPS) is 9.88. The molecule has 0 aliphatic heterocycles. The molecule has 0 bridgehead atoms. The van der Waals surface area contributed by atoms with Crippen molar-refractivity contribution >= 4 is 0 Å². The van der Waals surface area contributed by atoms with Crippen LogP contribution in [0.1, 0.15) is 19.0 Å². The molecule has 17 heavy (non-hydrogen) atoms. The van der Waals surface area contributed by atoms with Gasteiger partial charge in [-0.1, -0.05) is 6.92 Å². The van der Waals surface area contributed by atoms with Crippen molar-refractivity contribution in [2.24, 2.45) is 0 Å². The van der Waals surface area contributed by atoms with E-state index in [2.05, 4.69) is 17.0 Å². The number of aryl methyl sites for hydroxylation is 1. The molecule has 0 fully saturated rings. The molecule has 86 valence electrons. The molecule has 0 amide bonds. The lowest BCUT2D eigenvalue weighted by Crippen LogP contribution is -1.95. The molecule has 2 aromatic rings. The van der Waals surface area contributed by atoms with Crippen molar-refractivity contribution in [3.63, 3.8) is 0 Å². The Bertz CT molecular complexity index is 541. The van der Waals surface area contributed by atoms with Gasteiger partial charge in [-0.3, -0.25) is 4.68 Å². The number of hydrogen-bond donors (Lipinski definition) is 0. The SMILES string of the molecule is CCCn1cc(Oc2cccnc2C#N)cn1. The molecular formula is C12H12N4O. The molecule has 5 nitrogen and oxygen atoms in total. The van der Waals surface area contributed by atoms with Crippen LogP contribution in [0.3, 0.4) is 0 Å². The summed E-state index contributed by atoms with van der Waals surface area (Å²) in [5, 5.41) is 13.0. The molecular weight excluding hydrogens is 216 g/mol. The monoisotopic (exact) mass is 228 g/mol. The van der Waals surface area contributed by atoms with E-state index in [0.29, 0.717) is 11.5 Å². The Labute approximate surface area is 99.3 Å². The molecule has 0 unspecified atom stereocenters. The molecule has 0 radical (unpaired) electrons. The molecule has 2 heterocycles. The minimum absolute atomic E-state index is 0.274. The summed E-state index contributed by atoms with van der Waals surface area (Å²) in [7, 11) is 0. The number of aromatic nitrogens is 3. The number of nitriles is 1. The summed E-state index contributed by atoms with van der Waals surface area (Å²) in [6.07, 6.45) is 6.00. The standard InChI is InChI=1S/C12H12N4O/c1-2-6-16-9-10(8-15-16)17-12-4-3-5-14-11(12)7-13/h3-5,8-9H,2,6H2,1H3. The highest BCUT2D eigenvalue weighted by Gasteiger charge is 2.06. The van der Waals surface area contributed by atoms with Gasteiger partial charge in [-0.2, -0.15) is 10.4 Å². The fraction of sp³-hybridized carbons (Fsp3) is 0.250. The van der Waals surface area contributed by atoms with Gasteiger partial charge in [0.2, 0.25) is 0 Å². The van der Waals surface area contributed by atoms with Gasteiger partial charge in [-0.05, 0) is 18.6 Å². The average molecular weight is 228 g/mol. The van der Waals surface area contributed by atoms with Gasteiger partial charge < -0.3 is 4.74 Å². The van der Waals surface area contributed by atoms with Crippen LogP contribution < -0.4 is 4.74 Å². The van der Waals surface area contributed by atoms with Crippen LogP contribution in [0.25, 0.3) is 0 Å². The van der Waals surface area contributed by atoms with E-state index in [9.17, 15) is 0 Å². The fourth-order valence-electron chi connectivity index (χ4n) is 1.43. The second kappa shape index (κ2) is 5.12. The number of pyridine rings is 1. The Morgan fingerprint density at radius 3 is 3.18 bits per heavy atom. The molecule has 0 aromatic carbocycles. The molecule has 0 aliphatic carbocycles. The largest absolute Gasteiger partial charge is 0.451 e. The molecule has 0 atom stereocenters. The van der Waals surface area contributed by atoms with Crippen LogP contribution in [0.2, 0.25) is 0 Å². The van der Waals surface area contributed by atoms with E-state index in [1.807, 2.05) is 6.07 Å². The Kier molecular flexibility index (Phi) is 3.36. The maximum atomic E-state index is 8.87. The van der Waals surface area contributed by atoms with Gasteiger partial charge in [0, 0.05) is 12.7 Å². The van der Waals surface area contributed by atoms with Gasteiger partial charge >= 0.3 is 0 Å². The van der Waals surface area contributed by atoms with Crippen LogP contribution in [0.5, 0.6) is 11.5 Å². The van der Waals surface area contributed by atoms with Gasteiger partial charge in [0.1, 0.15) is 6.07 Å². The Morgan fingerprint density at radius 1 is 1.53 bits per heavy atom. The van der Waals surface area contributed by atoms with E-state index in [0.717, 1.165) is 13.0 Å². The first-order valence-corrected chi connectivity index (χ1v) is 5.39. The van der Waals surface area contributed by atoms with E-state index >= 15 is 0 Å². The molecule has 0 saturated heterocycles. The van der Waals surface area contributed by atoms with E-state index in [4.69, 9.17) is 10.00 Å². The van der Waals surface area contributed by atoms with Crippen LogP contribution >= 0.6 is 0 Å². The lowest BCUT2D eigenvalue weighted by Gasteiger charge is -2.02. The van der Waals surface area contributed by atoms with Crippen molar-refractivity contribution in [1.29, 1.82) is 5.26 Å². The maximum Gasteiger partial charge on any atom is 0.183 e. The van der Waals surface area contributed by atoms with Crippen LogP contribution in [0.4, 0.5) is 0 Å². The smallest absolute Gasteiger partial charge is 0.183 e. The zero-order valence-corrected chi connectivity index (χ0v) is 9.50. The minimum atomic E-state index is 0.274. The maximum absolute atomic E-state index is 8.87. The second-order valence-corrected chi connectivity index (χ2v) is 3.50. The van der Waals surface area contributed by atoms with E-state index in [-0.39, 0.29) is 5.69 Å². The van der Waals surface area contributed by atoms with Crippen LogP contribution in [0, 0.1) is 11.3 Å². The number of rotatable bonds is 4. The zero-order valence-electron chi connectivity index (χ0n) is 9.50. The summed E-state index contributed by atoms with van der Waals surface area (Å²) in [6, 6.07) is 5.42. The van der Waals surface area contributed by atoms with Crippen LogP contribution in [-0.4, -0.2) is 14.8 Å². The first-order chi connectivity index (χ1) is 8.33. The predicted molar refractivity (Wildman–Crippen MR) is 61.5 cm³/mol. The highest BCUT2D eigenvalue weighted by atomic mass is 16.5. The van der Waals surface area contributed by atoms with Crippen molar-refractivity contribution in [3.05, 3.63) is 36.4 Å². The lowest BCUT2D eigenvalue weighted by molar-refractivity contribution is 0.476. The van der Waals surface area contributed by atoms with Crippen molar-refractivity contribution in [3.8, 4) is 17.6 Å². The molecule has 2 rings (SSSR count). The van der Waals surface area contributed by atoms with E-state index < -0.39 is 0 Å². The van der Waals surface area contributed by atoms with Crippen LogP contribution in [-0.2, 0) is 6.54 Å². The third-order valence-electron chi connectivity index (χ3n) is 2.17. The van der Waals surface area contributed by atoms with Crippen molar-refractivity contribution in [2.45, 2.75) is 19.9 Å². The van der Waals surface area contributed by atoms with Gasteiger partial charge in [-0.15, -0.1) is 0 Å². The first kappa shape index (κ1) is 11.1. The van der Waals surface area contributed by atoms with Gasteiger partial charge in [0.05, 0.1) is 12.4 Å². The number of hydrogen-bond acceptors (Lipinski definition) is 4. The highest BCUT2D eigenvalue weighted by molar-refractivity contribution is 5.39. The summed E-state index contributed by atoms with van der Waals surface area (Å²) in [4.78, 5) is 3.92. The fourth-order valence-corrected chi connectivity index (χ4v) is 1.43. The lowest BCUT2D eigenvalue weighted by atomic mass is 10.3. The molecule has 0 saturated carbocycles. The van der Waals surface area contributed by atoms with Crippen molar-refractivity contribution in [2.75, 3.05) is 0 Å². The molecule has 0 spiro atoms. The third kappa shape index (κ3) is 2.61. The zero-order chi connectivity index (χ0) is 12.1. The predicted octanol–water partition coefficient (Wildman–Crippen LogP) is 2.35. The Balaban J connectivity index is 2.17. The van der Waals surface area contributed by atoms with E-state index in [1.165, 1.54) is 0 Å². The minimum Gasteiger partial charge on any atom is -0.451 e. The summed E-state index contributed by atoms with van der Waals surface area (Å²) in [6.45, 7) is 2.93. The molecule has 0 aliphatic rings. The van der Waals surface area contributed by atoms with Gasteiger partial charge in [0.15, 0.2) is 17.2 Å². The van der Waals surface area contributed by atoms with Gasteiger partial charge in [0.25, 0.3) is 0 Å². The summed E-state index contributed by atoms with van der Waals surface area (Å²) >= 11 is 0. The Hall–Kier alpha value is -2.35. The van der Waals surface area contributed by atoms with Gasteiger partial charge in [-0.25, -0.2) is 4.98 Å². The first-order valence-electron chi connectivity index (χ1n) is 5.39. The second-order valence-electron chi connectivity index (χ2n) is 3.50. The van der Waals surface area contributed by atoms with Crippen molar-refractivity contribution in [1.82, 2.24) is 14.8 Å². The van der Waals surface area contributed by atoms with E-state index in [1.54, 1.807) is 35.4 Å². The quantitative estimate of drug-likeness (QED) is 0.805. The summed E-state index contributed by atoms with van der Waals surface area (Å²) < 4.78 is 7.36. The summed E-state index contributed by atoms with van der Waals surface area (Å²) in [5.74, 6) is 1.06. The van der Waals surface area contributed by atoms with Crippen LogP contribution in [0.15, 0.2) is 30.7 Å². The average Bonchev–Trinajstić information content (AvgIpc) is 2.78. The third-order valence-corrected chi connectivity index (χ3v) is 2.17. The van der Waals surface area contributed by atoms with Crippen molar-refractivity contribution < 1.29 is 4.74 Å². The summed E-state index contributed by atoms with van der Waals surface area (Å²) in [5.41, 5.74) is 0.274. The molecule has 5 heteroatoms. The topological polar surface area (TPSA) is 63.7 Å². The molecule has 2 aromatic heterocycles. The number of ether oxygens (including phenoxy) is 1.